The van der Waals surface area contributed by atoms with Crippen LogP contribution in [-0.2, 0) is 6.54 Å². The maximum absolute atomic E-state index is 10.3. The number of allylic oxidation sites excluding steroid dienone is 6. The van der Waals surface area contributed by atoms with Crippen LogP contribution in [0, 0.1) is 0 Å². The van der Waals surface area contributed by atoms with E-state index < -0.39 is 0 Å². The van der Waals surface area contributed by atoms with Crippen molar-refractivity contribution in [2.75, 3.05) is 18.4 Å². The fourth-order valence-corrected chi connectivity index (χ4v) is 4.86. The standard InChI is InChI=1S/C27H31BrClN5O/c1-4-6-9-21(18(3)5-2)24-15-25(34-27(32-24)22(28)16-30-34)31-20-11-13-33(14-12-20)17-19-8-7-10-23(29)26(19)35/h4-10,15-16,20,31,35H,11-14,17H2,1-3H3/b6-4-,18-5-,21-9+. The smallest absolute Gasteiger partial charge is 0.172 e. The van der Waals surface area contributed by atoms with E-state index in [1.54, 1.807) is 12.3 Å². The molecule has 0 spiro atoms. The lowest BCUT2D eigenvalue weighted by Crippen LogP contribution is -2.39. The number of aromatic nitrogens is 3. The normalized spacial score (nSPS) is 16.5. The molecule has 1 fully saturated rings. The average molecular weight is 557 g/mol. The van der Waals surface area contributed by atoms with Crippen LogP contribution in [0.2, 0.25) is 5.02 Å². The number of aromatic hydroxyl groups is 1. The number of hydrogen-bond acceptors (Lipinski definition) is 5. The molecule has 0 unspecified atom stereocenters. The van der Waals surface area contributed by atoms with Crippen LogP contribution in [0.1, 0.15) is 44.9 Å². The molecule has 3 heterocycles. The summed E-state index contributed by atoms with van der Waals surface area (Å²) in [5.74, 6) is 1.11. The zero-order valence-corrected chi connectivity index (χ0v) is 22.6. The number of hydrogen-bond donors (Lipinski definition) is 2. The van der Waals surface area contributed by atoms with Crippen molar-refractivity contribution >= 4 is 44.6 Å². The van der Waals surface area contributed by atoms with Crippen molar-refractivity contribution in [1.29, 1.82) is 0 Å². The van der Waals surface area contributed by atoms with Gasteiger partial charge < -0.3 is 10.4 Å². The number of likely N-dealkylation sites (tertiary alicyclic amines) is 1. The molecule has 6 nitrogen and oxygen atoms in total. The molecule has 0 bridgehead atoms. The van der Waals surface area contributed by atoms with Crippen molar-refractivity contribution in [2.24, 2.45) is 0 Å². The van der Waals surface area contributed by atoms with E-state index in [-0.39, 0.29) is 5.75 Å². The molecule has 1 aliphatic rings. The molecular weight excluding hydrogens is 526 g/mol. The third-order valence-corrected chi connectivity index (χ3v) is 7.29. The Labute approximate surface area is 220 Å². The minimum atomic E-state index is 0.184. The largest absolute Gasteiger partial charge is 0.506 e. The molecular formula is C27H31BrClN5O. The second kappa shape index (κ2) is 11.4. The molecule has 1 saturated heterocycles. The number of fused-ring (bicyclic) bond motifs is 1. The molecule has 1 aliphatic heterocycles. The molecule has 184 valence electrons. The molecule has 2 aromatic heterocycles. The van der Waals surface area contributed by atoms with Gasteiger partial charge in [-0.15, -0.1) is 0 Å². The van der Waals surface area contributed by atoms with E-state index in [9.17, 15) is 5.11 Å². The van der Waals surface area contributed by atoms with E-state index in [0.717, 1.165) is 58.7 Å². The fourth-order valence-electron chi connectivity index (χ4n) is 4.32. The van der Waals surface area contributed by atoms with Crippen LogP contribution in [0.4, 0.5) is 5.82 Å². The van der Waals surface area contributed by atoms with E-state index >= 15 is 0 Å². The Balaban J connectivity index is 1.54. The highest BCUT2D eigenvalue weighted by Gasteiger charge is 2.22. The van der Waals surface area contributed by atoms with Gasteiger partial charge in [-0.2, -0.15) is 9.61 Å². The number of phenolic OH excluding ortho intramolecular Hbond substituents is 1. The number of phenols is 1. The van der Waals surface area contributed by atoms with Gasteiger partial charge in [-0.05, 0) is 61.2 Å². The van der Waals surface area contributed by atoms with Gasteiger partial charge in [0, 0.05) is 42.9 Å². The SMILES string of the molecule is C\C=C/C=C(\C(C)=C/C)c1cc(NC2CCN(Cc3cccc(Cl)c3O)CC2)n2ncc(Br)c2n1. The van der Waals surface area contributed by atoms with Gasteiger partial charge in [0.15, 0.2) is 5.65 Å². The first-order valence-corrected chi connectivity index (χ1v) is 13.0. The number of halogens is 2. The van der Waals surface area contributed by atoms with Crippen LogP contribution in [0.15, 0.2) is 64.8 Å². The molecule has 2 N–H and O–H groups in total. The minimum Gasteiger partial charge on any atom is -0.506 e. The maximum Gasteiger partial charge on any atom is 0.172 e. The summed E-state index contributed by atoms with van der Waals surface area (Å²) in [5, 5.41) is 18.9. The number of piperidine rings is 1. The predicted octanol–water partition coefficient (Wildman–Crippen LogP) is 6.85. The summed E-state index contributed by atoms with van der Waals surface area (Å²) in [6.45, 7) is 8.71. The molecule has 0 atom stereocenters. The Morgan fingerprint density at radius 1 is 1.29 bits per heavy atom. The summed E-state index contributed by atoms with van der Waals surface area (Å²) in [7, 11) is 0. The summed E-state index contributed by atoms with van der Waals surface area (Å²) in [6, 6.07) is 7.93. The Morgan fingerprint density at radius 2 is 2.06 bits per heavy atom. The molecule has 0 radical (unpaired) electrons. The van der Waals surface area contributed by atoms with Gasteiger partial charge in [-0.3, -0.25) is 4.90 Å². The van der Waals surface area contributed by atoms with Crippen LogP contribution in [-0.4, -0.2) is 43.7 Å². The van der Waals surface area contributed by atoms with E-state index in [4.69, 9.17) is 16.6 Å². The van der Waals surface area contributed by atoms with Gasteiger partial charge in [0.2, 0.25) is 0 Å². The van der Waals surface area contributed by atoms with Crippen molar-refractivity contribution in [2.45, 2.75) is 46.2 Å². The molecule has 3 aromatic rings. The number of benzene rings is 1. The minimum absolute atomic E-state index is 0.184. The van der Waals surface area contributed by atoms with Crippen molar-refractivity contribution in [1.82, 2.24) is 19.5 Å². The van der Waals surface area contributed by atoms with E-state index in [0.29, 0.717) is 17.6 Å². The second-order valence-electron chi connectivity index (χ2n) is 8.77. The van der Waals surface area contributed by atoms with Crippen molar-refractivity contribution in [3.05, 3.63) is 81.1 Å². The first kappa shape index (κ1) is 25.5. The number of para-hydroxylation sites is 1. The first-order chi connectivity index (χ1) is 16.9. The molecule has 1 aromatic carbocycles. The van der Waals surface area contributed by atoms with Crippen LogP contribution in [0.5, 0.6) is 5.75 Å². The van der Waals surface area contributed by atoms with Gasteiger partial charge in [0.1, 0.15) is 11.6 Å². The molecule has 0 aliphatic carbocycles. The third-order valence-electron chi connectivity index (χ3n) is 6.42. The van der Waals surface area contributed by atoms with Crippen LogP contribution in [0.3, 0.4) is 0 Å². The third kappa shape index (κ3) is 5.80. The van der Waals surface area contributed by atoms with Gasteiger partial charge in [-0.25, -0.2) is 4.98 Å². The lowest BCUT2D eigenvalue weighted by Gasteiger charge is -2.33. The van der Waals surface area contributed by atoms with Gasteiger partial charge in [0.05, 0.1) is 21.4 Å². The summed E-state index contributed by atoms with van der Waals surface area (Å²) < 4.78 is 2.73. The summed E-state index contributed by atoms with van der Waals surface area (Å²) in [5.41, 5.74) is 4.81. The monoisotopic (exact) mass is 555 g/mol. The molecule has 0 amide bonds. The Kier molecular flexibility index (Phi) is 8.31. The summed E-state index contributed by atoms with van der Waals surface area (Å²) in [6.07, 6.45) is 12.0. The Hall–Kier alpha value is -2.61. The van der Waals surface area contributed by atoms with E-state index in [1.165, 1.54) is 5.57 Å². The zero-order chi connectivity index (χ0) is 24.9. The fraction of sp³-hybridized carbons (Fsp3) is 0.333. The lowest BCUT2D eigenvalue weighted by atomic mass is 10.0. The highest BCUT2D eigenvalue weighted by Crippen LogP contribution is 2.30. The first-order valence-electron chi connectivity index (χ1n) is 11.9. The van der Waals surface area contributed by atoms with Crippen molar-refractivity contribution in [3.63, 3.8) is 0 Å². The zero-order valence-electron chi connectivity index (χ0n) is 20.3. The lowest BCUT2D eigenvalue weighted by molar-refractivity contribution is 0.209. The number of rotatable bonds is 7. The van der Waals surface area contributed by atoms with E-state index in [1.807, 2.05) is 42.6 Å². The van der Waals surface area contributed by atoms with Crippen LogP contribution >= 0.6 is 27.5 Å². The van der Waals surface area contributed by atoms with Crippen LogP contribution in [0.25, 0.3) is 11.2 Å². The van der Waals surface area contributed by atoms with Crippen LogP contribution < -0.4 is 5.32 Å². The molecule has 4 rings (SSSR count). The number of nitrogens with zero attached hydrogens (tertiary/aromatic N) is 4. The summed E-state index contributed by atoms with van der Waals surface area (Å²) in [4.78, 5) is 7.27. The molecule has 35 heavy (non-hydrogen) atoms. The van der Waals surface area contributed by atoms with Crippen molar-refractivity contribution < 1.29 is 5.11 Å². The number of anilines is 1. The highest BCUT2D eigenvalue weighted by atomic mass is 79.9. The average Bonchev–Trinajstić information content (AvgIpc) is 3.24. The van der Waals surface area contributed by atoms with Gasteiger partial charge in [-0.1, -0.05) is 48.0 Å². The Bertz CT molecular complexity index is 1290. The molecule has 8 heteroatoms. The summed E-state index contributed by atoms with van der Waals surface area (Å²) >= 11 is 9.69. The van der Waals surface area contributed by atoms with Crippen molar-refractivity contribution in [3.8, 4) is 5.75 Å². The number of nitrogens with one attached hydrogen (secondary N) is 1. The predicted molar refractivity (Wildman–Crippen MR) is 148 cm³/mol. The Morgan fingerprint density at radius 3 is 2.77 bits per heavy atom. The molecule has 0 saturated carbocycles. The van der Waals surface area contributed by atoms with Gasteiger partial charge >= 0.3 is 0 Å². The quantitative estimate of drug-likeness (QED) is 0.312. The maximum atomic E-state index is 10.3. The van der Waals surface area contributed by atoms with E-state index in [2.05, 4.69) is 56.4 Å². The van der Waals surface area contributed by atoms with Gasteiger partial charge in [0.25, 0.3) is 0 Å². The topological polar surface area (TPSA) is 65.7 Å². The highest BCUT2D eigenvalue weighted by molar-refractivity contribution is 9.10. The second-order valence-corrected chi connectivity index (χ2v) is 10.0.